The first kappa shape index (κ1) is 17.2. The maximum absolute atomic E-state index is 11.6. The molecule has 0 spiro atoms. The summed E-state index contributed by atoms with van der Waals surface area (Å²) in [5.41, 5.74) is 0. The van der Waals surface area contributed by atoms with Gasteiger partial charge in [0.05, 0.1) is 0 Å². The Kier molecular flexibility index (Phi) is 7.54. The van der Waals surface area contributed by atoms with E-state index in [0.717, 1.165) is 0 Å². The lowest BCUT2D eigenvalue weighted by molar-refractivity contribution is -0.148. The van der Waals surface area contributed by atoms with Crippen molar-refractivity contribution < 1.29 is 19.1 Å². The molecule has 0 saturated carbocycles. The lowest BCUT2D eigenvalue weighted by Crippen LogP contribution is -2.15. The zero-order valence-electron chi connectivity index (χ0n) is 12.0. The Morgan fingerprint density at radius 2 is 2.05 bits per heavy atom. The third-order valence-electron chi connectivity index (χ3n) is 2.62. The van der Waals surface area contributed by atoms with Crippen LogP contribution in [0.25, 0.3) is 0 Å². The highest BCUT2D eigenvalue weighted by atomic mass is 35.5. The molecule has 0 heterocycles. The van der Waals surface area contributed by atoms with Crippen LogP contribution in [0, 0.1) is 0 Å². The number of ether oxygens (including phenoxy) is 2. The minimum atomic E-state index is -0.399. The smallest absolute Gasteiger partial charge is 0.311 e. The summed E-state index contributed by atoms with van der Waals surface area (Å²) < 4.78 is 10.2. The van der Waals surface area contributed by atoms with Gasteiger partial charge in [-0.25, -0.2) is 0 Å². The van der Waals surface area contributed by atoms with Crippen LogP contribution in [-0.4, -0.2) is 18.0 Å². The van der Waals surface area contributed by atoms with Gasteiger partial charge in [-0.15, -0.1) is 6.58 Å². The second-order valence-electron chi connectivity index (χ2n) is 4.61. The number of rotatable bonds is 8. The van der Waals surface area contributed by atoms with Crippen LogP contribution < -0.4 is 4.74 Å². The molecule has 0 aliphatic carbocycles. The van der Waals surface area contributed by atoms with E-state index in [-0.39, 0.29) is 24.9 Å². The third kappa shape index (κ3) is 7.51. The Morgan fingerprint density at radius 3 is 2.71 bits per heavy atom. The summed E-state index contributed by atoms with van der Waals surface area (Å²) in [5.74, 6) is -0.321. The van der Waals surface area contributed by atoms with Crippen LogP contribution in [0.1, 0.15) is 32.6 Å². The lowest BCUT2D eigenvalue weighted by Gasteiger charge is -2.10. The predicted octanol–water partition coefficient (Wildman–Crippen LogP) is 3.92. The average Bonchev–Trinajstić information content (AvgIpc) is 2.38. The molecule has 0 aromatic heterocycles. The highest BCUT2D eigenvalue weighted by Gasteiger charge is 2.10. The first-order valence-electron chi connectivity index (χ1n) is 6.78. The van der Waals surface area contributed by atoms with Crippen molar-refractivity contribution in [3.8, 4) is 5.75 Å². The van der Waals surface area contributed by atoms with Gasteiger partial charge in [0, 0.05) is 24.3 Å². The van der Waals surface area contributed by atoms with E-state index in [1.54, 1.807) is 37.3 Å². The van der Waals surface area contributed by atoms with E-state index < -0.39 is 5.97 Å². The molecule has 4 nitrogen and oxygen atoms in total. The van der Waals surface area contributed by atoms with Gasteiger partial charge >= 0.3 is 11.9 Å². The van der Waals surface area contributed by atoms with Crippen molar-refractivity contribution in [3.05, 3.63) is 41.9 Å². The Labute approximate surface area is 129 Å². The van der Waals surface area contributed by atoms with E-state index >= 15 is 0 Å². The van der Waals surface area contributed by atoms with E-state index in [0.29, 0.717) is 23.6 Å². The summed E-state index contributed by atoms with van der Waals surface area (Å²) in [6.45, 7) is 5.38. The summed E-state index contributed by atoms with van der Waals surface area (Å²) in [7, 11) is 0. The fourth-order valence-electron chi connectivity index (χ4n) is 1.66. The summed E-state index contributed by atoms with van der Waals surface area (Å²) in [6, 6.07) is 6.60. The summed E-state index contributed by atoms with van der Waals surface area (Å²) in [6.07, 6.45) is 2.85. The van der Waals surface area contributed by atoms with Crippen LogP contribution in [0.15, 0.2) is 36.9 Å². The quantitative estimate of drug-likeness (QED) is 0.415. The summed E-state index contributed by atoms with van der Waals surface area (Å²) in [4.78, 5) is 23.1. The normalized spacial score (nSPS) is 11.5. The van der Waals surface area contributed by atoms with E-state index in [1.165, 1.54) is 0 Å². The number of hydrogen-bond donors (Lipinski definition) is 0. The van der Waals surface area contributed by atoms with Crippen molar-refractivity contribution in [1.82, 2.24) is 0 Å². The minimum absolute atomic E-state index is 0.150. The second-order valence-corrected chi connectivity index (χ2v) is 5.05. The Bertz CT molecular complexity index is 499. The van der Waals surface area contributed by atoms with Gasteiger partial charge in [-0.3, -0.25) is 9.59 Å². The third-order valence-corrected chi connectivity index (χ3v) is 2.86. The van der Waals surface area contributed by atoms with Gasteiger partial charge < -0.3 is 9.47 Å². The zero-order chi connectivity index (χ0) is 15.7. The molecular weight excluding hydrogens is 292 g/mol. The number of carbonyl (C=O) groups is 2. The molecule has 1 aromatic rings. The van der Waals surface area contributed by atoms with E-state index in [4.69, 9.17) is 21.1 Å². The molecule has 0 N–H and O–H groups in total. The molecule has 0 amide bonds. The molecule has 1 aromatic carbocycles. The van der Waals surface area contributed by atoms with Crippen molar-refractivity contribution in [2.45, 2.75) is 38.7 Å². The predicted molar refractivity (Wildman–Crippen MR) is 81.3 cm³/mol. The van der Waals surface area contributed by atoms with Crippen molar-refractivity contribution >= 4 is 23.5 Å². The SMILES string of the molecule is C=CCC(C)OC(=O)CCCC(=O)Oc1cccc(Cl)c1. The Hall–Kier alpha value is -1.81. The number of carbonyl (C=O) groups excluding carboxylic acids is 2. The highest BCUT2D eigenvalue weighted by Crippen LogP contribution is 2.17. The van der Waals surface area contributed by atoms with Gasteiger partial charge in [0.2, 0.25) is 0 Å². The second kappa shape index (κ2) is 9.19. The molecule has 0 fully saturated rings. The number of esters is 2. The molecule has 5 heteroatoms. The van der Waals surface area contributed by atoms with E-state index in [1.807, 2.05) is 0 Å². The minimum Gasteiger partial charge on any atom is -0.462 e. The fraction of sp³-hybridized carbons (Fsp3) is 0.375. The van der Waals surface area contributed by atoms with Crippen LogP contribution in [0.4, 0.5) is 0 Å². The number of hydrogen-bond acceptors (Lipinski definition) is 4. The van der Waals surface area contributed by atoms with E-state index in [9.17, 15) is 9.59 Å². The van der Waals surface area contributed by atoms with Crippen LogP contribution >= 0.6 is 11.6 Å². The Morgan fingerprint density at radius 1 is 1.33 bits per heavy atom. The topological polar surface area (TPSA) is 52.6 Å². The first-order valence-corrected chi connectivity index (χ1v) is 7.15. The average molecular weight is 311 g/mol. The summed E-state index contributed by atoms with van der Waals surface area (Å²) >= 11 is 5.79. The van der Waals surface area contributed by atoms with Crippen LogP contribution in [0.3, 0.4) is 0 Å². The van der Waals surface area contributed by atoms with Gasteiger partial charge in [-0.1, -0.05) is 23.7 Å². The van der Waals surface area contributed by atoms with Crippen LogP contribution in [0.5, 0.6) is 5.75 Å². The molecule has 114 valence electrons. The van der Waals surface area contributed by atoms with Crippen molar-refractivity contribution in [2.75, 3.05) is 0 Å². The molecule has 1 unspecified atom stereocenters. The van der Waals surface area contributed by atoms with Gasteiger partial charge in [0.25, 0.3) is 0 Å². The van der Waals surface area contributed by atoms with Crippen LogP contribution in [0.2, 0.25) is 5.02 Å². The maximum Gasteiger partial charge on any atom is 0.311 e. The maximum atomic E-state index is 11.6. The molecule has 1 rings (SSSR count). The Balaban J connectivity index is 2.24. The summed E-state index contributed by atoms with van der Waals surface area (Å²) in [5, 5.41) is 0.500. The number of halogens is 1. The lowest BCUT2D eigenvalue weighted by atomic mass is 10.2. The monoisotopic (exact) mass is 310 g/mol. The highest BCUT2D eigenvalue weighted by molar-refractivity contribution is 6.30. The number of benzene rings is 1. The van der Waals surface area contributed by atoms with Crippen molar-refractivity contribution in [1.29, 1.82) is 0 Å². The molecule has 1 atom stereocenters. The largest absolute Gasteiger partial charge is 0.462 e. The molecule has 21 heavy (non-hydrogen) atoms. The molecular formula is C16H19ClO4. The van der Waals surface area contributed by atoms with Crippen molar-refractivity contribution in [2.24, 2.45) is 0 Å². The molecule has 0 radical (unpaired) electrons. The molecule has 0 aliphatic rings. The molecule has 0 bridgehead atoms. The van der Waals surface area contributed by atoms with Crippen LogP contribution in [-0.2, 0) is 14.3 Å². The van der Waals surface area contributed by atoms with E-state index in [2.05, 4.69) is 6.58 Å². The molecule has 0 saturated heterocycles. The van der Waals surface area contributed by atoms with Gasteiger partial charge in [-0.2, -0.15) is 0 Å². The van der Waals surface area contributed by atoms with Gasteiger partial charge in [-0.05, 0) is 31.5 Å². The van der Waals surface area contributed by atoms with Crippen molar-refractivity contribution in [3.63, 3.8) is 0 Å². The van der Waals surface area contributed by atoms with Gasteiger partial charge in [0.1, 0.15) is 11.9 Å². The zero-order valence-corrected chi connectivity index (χ0v) is 12.8. The first-order chi connectivity index (χ1) is 10.0. The standard InChI is InChI=1S/C16H19ClO4/c1-3-6-12(2)20-15(18)9-5-10-16(19)21-14-8-4-7-13(17)11-14/h3-4,7-8,11-12H,1,5-6,9-10H2,2H3. The fourth-order valence-corrected chi connectivity index (χ4v) is 1.84. The van der Waals surface area contributed by atoms with Gasteiger partial charge in [0.15, 0.2) is 0 Å². The molecule has 0 aliphatic heterocycles.